The summed E-state index contributed by atoms with van der Waals surface area (Å²) in [5.41, 5.74) is 0. The van der Waals surface area contributed by atoms with Crippen LogP contribution in [-0.4, -0.2) is 42.5 Å². The quantitative estimate of drug-likeness (QED) is 0.650. The van der Waals surface area contributed by atoms with Crippen molar-refractivity contribution in [2.45, 2.75) is 32.0 Å². The Morgan fingerprint density at radius 2 is 2.31 bits per heavy atom. The van der Waals surface area contributed by atoms with E-state index in [-0.39, 0.29) is 18.1 Å². The van der Waals surface area contributed by atoms with E-state index in [9.17, 15) is 4.79 Å². The highest BCUT2D eigenvalue weighted by atomic mass is 35.5. The minimum atomic E-state index is -0.233. The fourth-order valence-corrected chi connectivity index (χ4v) is 1.72. The molecule has 0 bridgehead atoms. The van der Waals surface area contributed by atoms with Crippen molar-refractivity contribution in [1.82, 2.24) is 4.90 Å². The van der Waals surface area contributed by atoms with E-state index in [1.54, 1.807) is 11.9 Å². The fourth-order valence-electron chi connectivity index (χ4n) is 1.47. The van der Waals surface area contributed by atoms with Crippen molar-refractivity contribution < 1.29 is 9.53 Å². The molecule has 0 aromatic rings. The van der Waals surface area contributed by atoms with Crippen LogP contribution in [0.15, 0.2) is 0 Å². The Morgan fingerprint density at radius 3 is 2.77 bits per heavy atom. The third kappa shape index (κ3) is 2.85. The van der Waals surface area contributed by atoms with Gasteiger partial charge in [-0.15, -0.1) is 11.6 Å². The average molecular weight is 206 g/mol. The second-order valence-corrected chi connectivity index (χ2v) is 3.84. The van der Waals surface area contributed by atoms with Gasteiger partial charge in [0.15, 0.2) is 0 Å². The van der Waals surface area contributed by atoms with E-state index >= 15 is 0 Å². The van der Waals surface area contributed by atoms with Gasteiger partial charge in [0, 0.05) is 19.5 Å². The molecular formula is C9H16ClNO2. The molecule has 1 heterocycles. The summed E-state index contributed by atoms with van der Waals surface area (Å²) < 4.78 is 5.46. The zero-order valence-electron chi connectivity index (χ0n) is 8.12. The Balaban J connectivity index is 2.38. The maximum atomic E-state index is 11.6. The second-order valence-electron chi connectivity index (χ2n) is 3.46. The molecule has 1 fully saturated rings. The monoisotopic (exact) mass is 205 g/mol. The van der Waals surface area contributed by atoms with Crippen molar-refractivity contribution >= 4 is 17.5 Å². The van der Waals surface area contributed by atoms with Crippen LogP contribution in [0, 0.1) is 0 Å². The number of hydrogen-bond acceptors (Lipinski definition) is 2. The van der Waals surface area contributed by atoms with E-state index in [0.717, 1.165) is 12.8 Å². The molecule has 0 N–H and O–H groups in total. The highest BCUT2D eigenvalue weighted by Gasteiger charge is 2.29. The Labute approximate surface area is 84.0 Å². The summed E-state index contributed by atoms with van der Waals surface area (Å²) in [6, 6.07) is 0. The first-order valence-electron chi connectivity index (χ1n) is 4.61. The molecule has 2 atom stereocenters. The van der Waals surface area contributed by atoms with Crippen molar-refractivity contribution in [2.24, 2.45) is 0 Å². The van der Waals surface area contributed by atoms with Gasteiger partial charge in [0.05, 0.1) is 6.10 Å². The fraction of sp³-hybridized carbons (Fsp3) is 0.889. The first-order valence-corrected chi connectivity index (χ1v) is 5.15. The van der Waals surface area contributed by atoms with E-state index < -0.39 is 0 Å². The van der Waals surface area contributed by atoms with Crippen LogP contribution in [0.5, 0.6) is 0 Å². The Morgan fingerprint density at radius 1 is 1.62 bits per heavy atom. The van der Waals surface area contributed by atoms with Crippen LogP contribution in [0.25, 0.3) is 0 Å². The SMILES string of the molecule is CC1CCC(C(=O)N(C)CCCl)O1. The molecule has 76 valence electrons. The molecule has 1 aliphatic heterocycles. The molecular weight excluding hydrogens is 190 g/mol. The Kier molecular flexibility index (Phi) is 4.00. The number of ether oxygens (including phenoxy) is 1. The normalized spacial score (nSPS) is 27.6. The lowest BCUT2D eigenvalue weighted by Gasteiger charge is -2.19. The zero-order chi connectivity index (χ0) is 9.84. The number of halogens is 1. The molecule has 0 radical (unpaired) electrons. The highest BCUT2D eigenvalue weighted by molar-refractivity contribution is 6.18. The first-order chi connectivity index (χ1) is 6.15. The summed E-state index contributed by atoms with van der Waals surface area (Å²) >= 11 is 5.54. The van der Waals surface area contributed by atoms with Gasteiger partial charge in [-0.1, -0.05) is 0 Å². The van der Waals surface area contributed by atoms with Crippen molar-refractivity contribution in [3.8, 4) is 0 Å². The van der Waals surface area contributed by atoms with E-state index in [4.69, 9.17) is 16.3 Å². The van der Waals surface area contributed by atoms with Gasteiger partial charge in [0.1, 0.15) is 6.10 Å². The van der Waals surface area contributed by atoms with E-state index in [1.165, 1.54) is 0 Å². The summed E-state index contributed by atoms with van der Waals surface area (Å²) in [5.74, 6) is 0.537. The van der Waals surface area contributed by atoms with Crippen molar-refractivity contribution in [2.75, 3.05) is 19.5 Å². The first kappa shape index (κ1) is 10.8. The third-order valence-corrected chi connectivity index (χ3v) is 2.47. The summed E-state index contributed by atoms with van der Waals surface area (Å²) in [5, 5.41) is 0. The lowest BCUT2D eigenvalue weighted by molar-refractivity contribution is -0.140. The van der Waals surface area contributed by atoms with Gasteiger partial charge < -0.3 is 9.64 Å². The average Bonchev–Trinajstić information content (AvgIpc) is 2.51. The van der Waals surface area contributed by atoms with Crippen LogP contribution < -0.4 is 0 Å². The minimum Gasteiger partial charge on any atom is -0.365 e. The van der Waals surface area contributed by atoms with Crippen LogP contribution in [0.2, 0.25) is 0 Å². The number of alkyl halides is 1. The molecule has 1 amide bonds. The number of hydrogen-bond donors (Lipinski definition) is 0. The van der Waals surface area contributed by atoms with E-state index in [1.807, 2.05) is 6.92 Å². The number of rotatable bonds is 3. The molecule has 0 saturated carbocycles. The molecule has 1 saturated heterocycles. The molecule has 0 aromatic carbocycles. The minimum absolute atomic E-state index is 0.0602. The Hall–Kier alpha value is -0.280. The van der Waals surface area contributed by atoms with Gasteiger partial charge in [-0.2, -0.15) is 0 Å². The third-order valence-electron chi connectivity index (χ3n) is 2.30. The zero-order valence-corrected chi connectivity index (χ0v) is 8.88. The largest absolute Gasteiger partial charge is 0.365 e. The van der Waals surface area contributed by atoms with Crippen LogP contribution >= 0.6 is 11.6 Å². The number of nitrogens with zero attached hydrogens (tertiary/aromatic N) is 1. The molecule has 0 aliphatic carbocycles. The highest BCUT2D eigenvalue weighted by Crippen LogP contribution is 2.20. The summed E-state index contributed by atoms with van der Waals surface area (Å²) in [6.45, 7) is 2.59. The van der Waals surface area contributed by atoms with Gasteiger partial charge in [0.25, 0.3) is 5.91 Å². The van der Waals surface area contributed by atoms with Crippen molar-refractivity contribution in [3.63, 3.8) is 0 Å². The van der Waals surface area contributed by atoms with Crippen LogP contribution in [0.4, 0.5) is 0 Å². The number of carbonyl (C=O) groups is 1. The van der Waals surface area contributed by atoms with Gasteiger partial charge in [-0.05, 0) is 19.8 Å². The smallest absolute Gasteiger partial charge is 0.251 e. The summed E-state index contributed by atoms with van der Waals surface area (Å²) in [6.07, 6.45) is 1.80. The van der Waals surface area contributed by atoms with Crippen LogP contribution in [-0.2, 0) is 9.53 Å². The van der Waals surface area contributed by atoms with Gasteiger partial charge in [0.2, 0.25) is 0 Å². The maximum absolute atomic E-state index is 11.6. The number of likely N-dealkylation sites (N-methyl/N-ethyl adjacent to an activating group) is 1. The molecule has 0 spiro atoms. The summed E-state index contributed by atoms with van der Waals surface area (Å²) in [4.78, 5) is 13.3. The van der Waals surface area contributed by atoms with Crippen molar-refractivity contribution in [1.29, 1.82) is 0 Å². The maximum Gasteiger partial charge on any atom is 0.251 e. The van der Waals surface area contributed by atoms with Gasteiger partial charge in [-0.25, -0.2) is 0 Å². The van der Waals surface area contributed by atoms with Crippen LogP contribution in [0.1, 0.15) is 19.8 Å². The van der Waals surface area contributed by atoms with Gasteiger partial charge in [-0.3, -0.25) is 4.79 Å². The molecule has 2 unspecified atom stereocenters. The van der Waals surface area contributed by atoms with Crippen molar-refractivity contribution in [3.05, 3.63) is 0 Å². The van der Waals surface area contributed by atoms with E-state index in [0.29, 0.717) is 12.4 Å². The summed E-state index contributed by atoms with van der Waals surface area (Å²) in [7, 11) is 1.76. The predicted molar refractivity (Wildman–Crippen MR) is 51.9 cm³/mol. The Bertz CT molecular complexity index is 186. The van der Waals surface area contributed by atoms with Crippen LogP contribution in [0.3, 0.4) is 0 Å². The molecule has 4 heteroatoms. The standard InChI is InChI=1S/C9H16ClNO2/c1-7-3-4-8(13-7)9(12)11(2)6-5-10/h7-8H,3-6H2,1-2H3. The molecule has 3 nitrogen and oxygen atoms in total. The molecule has 1 rings (SSSR count). The molecule has 1 aliphatic rings. The molecule has 13 heavy (non-hydrogen) atoms. The number of carbonyl (C=O) groups excluding carboxylic acids is 1. The lowest BCUT2D eigenvalue weighted by Crippen LogP contribution is -2.37. The van der Waals surface area contributed by atoms with E-state index in [2.05, 4.69) is 0 Å². The second kappa shape index (κ2) is 4.82. The van der Waals surface area contributed by atoms with Gasteiger partial charge >= 0.3 is 0 Å². The predicted octanol–water partition coefficient (Wildman–Crippen LogP) is 1.25. The topological polar surface area (TPSA) is 29.5 Å². The number of amides is 1. The molecule has 0 aromatic heterocycles. The lowest BCUT2D eigenvalue weighted by atomic mass is 10.2.